The summed E-state index contributed by atoms with van der Waals surface area (Å²) in [6.45, 7) is 2.57. The molecule has 0 unspecified atom stereocenters. The molecule has 140 valence electrons. The van der Waals surface area contributed by atoms with Crippen LogP contribution in [0.5, 0.6) is 11.5 Å². The molecule has 0 spiro atoms. The van der Waals surface area contributed by atoms with Gasteiger partial charge in [0, 0.05) is 12.0 Å². The first-order valence-electron chi connectivity index (χ1n) is 8.67. The minimum absolute atomic E-state index is 0.0245. The minimum atomic E-state index is -0.558. The van der Waals surface area contributed by atoms with Crippen LogP contribution in [0.1, 0.15) is 25.3 Å². The molecule has 1 atom stereocenters. The van der Waals surface area contributed by atoms with Crippen molar-refractivity contribution in [2.24, 2.45) is 4.99 Å². The highest BCUT2D eigenvalue weighted by Gasteiger charge is 2.31. The molecule has 2 amide bonds. The van der Waals surface area contributed by atoms with Crippen molar-refractivity contribution in [1.82, 2.24) is 0 Å². The van der Waals surface area contributed by atoms with Gasteiger partial charge in [-0.3, -0.25) is 9.59 Å². The third kappa shape index (κ3) is 4.89. The fourth-order valence-electron chi connectivity index (χ4n) is 2.53. The Morgan fingerprint density at radius 3 is 2.70 bits per heavy atom. The number of aliphatic imine (C=N–C) groups is 1. The fourth-order valence-corrected chi connectivity index (χ4v) is 3.60. The molecule has 2 N–H and O–H groups in total. The Bertz CT molecular complexity index is 865. The molecule has 0 saturated heterocycles. The Morgan fingerprint density at radius 1 is 1.22 bits per heavy atom. The van der Waals surface area contributed by atoms with E-state index in [0.717, 1.165) is 12.0 Å². The van der Waals surface area contributed by atoms with Crippen LogP contribution in [-0.2, 0) is 9.59 Å². The number of phenols is 1. The number of benzene rings is 2. The molecule has 3 rings (SSSR count). The standard InChI is InChI=1S/C20H20N2O4S/c1-2-11-26-16-6-4-3-5-15(16)21-18(24)12-17-19(25)22-20(27-17)13-7-9-14(23)10-8-13/h3-10,17,23H,2,11-12H2,1H3,(H,21,24)/t17-/m1/s1. The van der Waals surface area contributed by atoms with Crippen molar-refractivity contribution in [2.75, 3.05) is 11.9 Å². The first-order valence-corrected chi connectivity index (χ1v) is 9.55. The highest BCUT2D eigenvalue weighted by molar-refractivity contribution is 8.16. The lowest BCUT2D eigenvalue weighted by atomic mass is 10.2. The molecular formula is C20H20N2O4S. The summed E-state index contributed by atoms with van der Waals surface area (Å²) in [7, 11) is 0. The van der Waals surface area contributed by atoms with Crippen molar-refractivity contribution in [2.45, 2.75) is 25.0 Å². The predicted molar refractivity (Wildman–Crippen MR) is 107 cm³/mol. The van der Waals surface area contributed by atoms with E-state index in [2.05, 4.69) is 10.3 Å². The number of anilines is 1. The van der Waals surface area contributed by atoms with Gasteiger partial charge < -0.3 is 15.2 Å². The number of nitrogens with zero attached hydrogens (tertiary/aromatic N) is 1. The number of thioether (sulfide) groups is 1. The van der Waals surface area contributed by atoms with Gasteiger partial charge in [0.2, 0.25) is 5.91 Å². The van der Waals surface area contributed by atoms with Crippen LogP contribution in [0.4, 0.5) is 5.69 Å². The number of nitrogens with one attached hydrogen (secondary N) is 1. The Hall–Kier alpha value is -2.80. The third-order valence-electron chi connectivity index (χ3n) is 3.85. The number of ether oxygens (including phenoxy) is 1. The van der Waals surface area contributed by atoms with Crippen LogP contribution < -0.4 is 10.1 Å². The number of aromatic hydroxyl groups is 1. The number of carbonyl (C=O) groups is 2. The van der Waals surface area contributed by atoms with Gasteiger partial charge in [-0.15, -0.1) is 0 Å². The van der Waals surface area contributed by atoms with Crippen LogP contribution in [0.2, 0.25) is 0 Å². The van der Waals surface area contributed by atoms with E-state index in [1.54, 1.807) is 24.3 Å². The van der Waals surface area contributed by atoms with E-state index in [1.165, 1.54) is 23.9 Å². The summed E-state index contributed by atoms with van der Waals surface area (Å²) in [6.07, 6.45) is 0.892. The normalized spacial score (nSPS) is 16.1. The average molecular weight is 384 g/mol. The molecular weight excluding hydrogens is 364 g/mol. The second-order valence-electron chi connectivity index (χ2n) is 6.01. The van der Waals surface area contributed by atoms with Crippen LogP contribution in [0.25, 0.3) is 0 Å². The highest BCUT2D eigenvalue weighted by Crippen LogP contribution is 2.30. The smallest absolute Gasteiger partial charge is 0.260 e. The zero-order chi connectivity index (χ0) is 19.2. The largest absolute Gasteiger partial charge is 0.508 e. The summed E-state index contributed by atoms with van der Waals surface area (Å²) in [5, 5.41) is 12.2. The molecule has 0 fully saturated rings. The maximum atomic E-state index is 12.4. The molecule has 0 aliphatic carbocycles. The molecule has 1 aliphatic rings. The van der Waals surface area contributed by atoms with E-state index in [-0.39, 0.29) is 24.0 Å². The van der Waals surface area contributed by atoms with Crippen molar-refractivity contribution >= 4 is 34.3 Å². The fraction of sp³-hybridized carbons (Fsp3) is 0.250. The van der Waals surface area contributed by atoms with E-state index in [9.17, 15) is 14.7 Å². The van der Waals surface area contributed by atoms with Crippen molar-refractivity contribution < 1.29 is 19.4 Å². The van der Waals surface area contributed by atoms with Gasteiger partial charge in [0.25, 0.3) is 5.91 Å². The van der Waals surface area contributed by atoms with Gasteiger partial charge in [-0.05, 0) is 42.8 Å². The summed E-state index contributed by atoms with van der Waals surface area (Å²) in [4.78, 5) is 28.6. The van der Waals surface area contributed by atoms with Crippen LogP contribution >= 0.6 is 11.8 Å². The lowest BCUT2D eigenvalue weighted by molar-refractivity contribution is -0.121. The molecule has 1 aliphatic heterocycles. The Kier molecular flexibility index (Phi) is 6.13. The van der Waals surface area contributed by atoms with E-state index >= 15 is 0 Å². The Balaban J connectivity index is 1.61. The van der Waals surface area contributed by atoms with E-state index < -0.39 is 5.25 Å². The SMILES string of the molecule is CCCOc1ccccc1NC(=O)C[C@H]1SC(c2ccc(O)cc2)=NC1=O. The van der Waals surface area contributed by atoms with E-state index in [4.69, 9.17) is 4.74 Å². The number of rotatable bonds is 7. The number of carbonyl (C=O) groups excluding carboxylic acids is 2. The molecule has 0 saturated carbocycles. The second kappa shape index (κ2) is 8.73. The number of hydrogen-bond acceptors (Lipinski definition) is 5. The molecule has 0 radical (unpaired) electrons. The van der Waals surface area contributed by atoms with Gasteiger partial charge in [0.05, 0.1) is 12.3 Å². The summed E-state index contributed by atoms with van der Waals surface area (Å²) in [5.74, 6) is 0.164. The van der Waals surface area contributed by atoms with Crippen molar-refractivity contribution in [3.63, 3.8) is 0 Å². The monoisotopic (exact) mass is 384 g/mol. The van der Waals surface area contributed by atoms with Crippen molar-refractivity contribution in [3.8, 4) is 11.5 Å². The van der Waals surface area contributed by atoms with Gasteiger partial charge in [-0.2, -0.15) is 0 Å². The average Bonchev–Trinajstić information content (AvgIpc) is 3.02. The molecule has 0 bridgehead atoms. The Morgan fingerprint density at radius 2 is 1.96 bits per heavy atom. The third-order valence-corrected chi connectivity index (χ3v) is 5.05. The minimum Gasteiger partial charge on any atom is -0.508 e. The second-order valence-corrected chi connectivity index (χ2v) is 7.20. The molecule has 27 heavy (non-hydrogen) atoms. The van der Waals surface area contributed by atoms with Gasteiger partial charge >= 0.3 is 0 Å². The van der Waals surface area contributed by atoms with Crippen molar-refractivity contribution in [1.29, 1.82) is 0 Å². The molecule has 1 heterocycles. The van der Waals surface area contributed by atoms with Crippen LogP contribution in [0, 0.1) is 0 Å². The summed E-state index contributed by atoms with van der Waals surface area (Å²) in [6, 6.07) is 13.7. The van der Waals surface area contributed by atoms with Gasteiger partial charge in [-0.1, -0.05) is 30.8 Å². The molecule has 0 aromatic heterocycles. The summed E-state index contributed by atoms with van der Waals surface area (Å²) in [5.41, 5.74) is 1.33. The maximum absolute atomic E-state index is 12.4. The summed E-state index contributed by atoms with van der Waals surface area (Å²) < 4.78 is 5.63. The van der Waals surface area contributed by atoms with Crippen molar-refractivity contribution in [3.05, 3.63) is 54.1 Å². The Labute approximate surface area is 161 Å². The zero-order valence-corrected chi connectivity index (χ0v) is 15.7. The number of hydrogen-bond donors (Lipinski definition) is 2. The van der Waals surface area contributed by atoms with E-state index in [1.807, 2.05) is 19.1 Å². The predicted octanol–water partition coefficient (Wildman–Crippen LogP) is 3.60. The number of phenolic OH excluding ortho intramolecular Hbond substituents is 1. The lowest BCUT2D eigenvalue weighted by Crippen LogP contribution is -2.21. The molecule has 2 aromatic carbocycles. The zero-order valence-electron chi connectivity index (χ0n) is 14.8. The quantitative estimate of drug-likeness (QED) is 0.761. The summed E-state index contributed by atoms with van der Waals surface area (Å²) >= 11 is 1.26. The highest BCUT2D eigenvalue weighted by atomic mass is 32.2. The van der Waals surface area contributed by atoms with Gasteiger partial charge in [-0.25, -0.2) is 4.99 Å². The molecule has 7 heteroatoms. The molecule has 2 aromatic rings. The van der Waals surface area contributed by atoms with Crippen LogP contribution in [0.3, 0.4) is 0 Å². The molecule has 6 nitrogen and oxygen atoms in total. The first kappa shape index (κ1) is 19.0. The number of para-hydroxylation sites is 2. The topological polar surface area (TPSA) is 88.0 Å². The van der Waals surface area contributed by atoms with E-state index in [0.29, 0.717) is 23.1 Å². The number of amides is 2. The maximum Gasteiger partial charge on any atom is 0.260 e. The van der Waals surface area contributed by atoms with Gasteiger partial charge in [0.1, 0.15) is 21.8 Å². The van der Waals surface area contributed by atoms with Crippen LogP contribution in [0.15, 0.2) is 53.5 Å². The first-order chi connectivity index (χ1) is 13.1. The van der Waals surface area contributed by atoms with Crippen LogP contribution in [-0.4, -0.2) is 33.8 Å². The lowest BCUT2D eigenvalue weighted by Gasteiger charge is -2.13. The van der Waals surface area contributed by atoms with Gasteiger partial charge in [0.15, 0.2) is 0 Å².